The molecule has 0 aliphatic carbocycles. The van der Waals surface area contributed by atoms with Crippen molar-refractivity contribution in [2.24, 2.45) is 0 Å². The fraction of sp³-hybridized carbons (Fsp3) is 0.154. The maximum Gasteiger partial charge on any atom is 0.151 e. The van der Waals surface area contributed by atoms with Crippen molar-refractivity contribution in [3.05, 3.63) is 45.2 Å². The van der Waals surface area contributed by atoms with Crippen molar-refractivity contribution in [3.8, 4) is 0 Å². The maximum atomic E-state index is 13.3. The van der Waals surface area contributed by atoms with Gasteiger partial charge in [-0.1, -0.05) is 34.8 Å². The van der Waals surface area contributed by atoms with E-state index < -0.39 is 5.82 Å². The van der Waals surface area contributed by atoms with Crippen molar-refractivity contribution in [3.63, 3.8) is 0 Å². The summed E-state index contributed by atoms with van der Waals surface area (Å²) < 4.78 is 13.3. The van der Waals surface area contributed by atoms with Gasteiger partial charge in [0.15, 0.2) is 5.82 Å². The number of rotatable bonds is 4. The number of nitrogens with zero attached hydrogens (tertiary/aromatic N) is 1. The number of halogens is 4. The molecule has 0 amide bonds. The Morgan fingerprint density at radius 1 is 1.05 bits per heavy atom. The van der Waals surface area contributed by atoms with Gasteiger partial charge in [-0.15, -0.1) is 0 Å². The van der Waals surface area contributed by atoms with E-state index in [1.54, 1.807) is 12.1 Å². The van der Waals surface area contributed by atoms with Crippen molar-refractivity contribution in [2.45, 2.75) is 6.92 Å². The van der Waals surface area contributed by atoms with Gasteiger partial charge in [-0.2, -0.15) is 0 Å². The molecule has 0 aliphatic rings. The van der Waals surface area contributed by atoms with Crippen LogP contribution in [-0.4, -0.2) is 11.5 Å². The average Bonchev–Trinajstić information content (AvgIpc) is 2.34. The van der Waals surface area contributed by atoms with Crippen LogP contribution in [0.15, 0.2) is 24.3 Å². The van der Waals surface area contributed by atoms with Crippen LogP contribution in [-0.2, 0) is 0 Å². The molecule has 1 heterocycles. The first-order valence-electron chi connectivity index (χ1n) is 5.82. The van der Waals surface area contributed by atoms with E-state index >= 15 is 0 Å². The third kappa shape index (κ3) is 3.66. The van der Waals surface area contributed by atoms with Crippen molar-refractivity contribution in [1.29, 1.82) is 0 Å². The first-order chi connectivity index (χ1) is 9.49. The predicted molar refractivity (Wildman–Crippen MR) is 83.1 cm³/mol. The highest BCUT2D eigenvalue weighted by Crippen LogP contribution is 2.31. The van der Waals surface area contributed by atoms with Gasteiger partial charge in [-0.3, -0.25) is 0 Å². The fourth-order valence-electron chi connectivity index (χ4n) is 1.61. The van der Waals surface area contributed by atoms with Gasteiger partial charge in [-0.25, -0.2) is 9.37 Å². The summed E-state index contributed by atoms with van der Waals surface area (Å²) in [5, 5.41) is 6.95. The van der Waals surface area contributed by atoms with Crippen LogP contribution in [0.4, 0.5) is 21.7 Å². The largest absolute Gasteiger partial charge is 0.369 e. The minimum atomic E-state index is -0.447. The first-order valence-corrected chi connectivity index (χ1v) is 6.96. The molecule has 0 unspecified atom stereocenters. The summed E-state index contributed by atoms with van der Waals surface area (Å²) in [5.41, 5.74) is 0.453. The van der Waals surface area contributed by atoms with Crippen molar-refractivity contribution in [1.82, 2.24) is 4.98 Å². The molecule has 7 heteroatoms. The normalized spacial score (nSPS) is 10.4. The van der Waals surface area contributed by atoms with E-state index in [4.69, 9.17) is 34.8 Å². The lowest BCUT2D eigenvalue weighted by Crippen LogP contribution is -2.03. The Labute approximate surface area is 131 Å². The van der Waals surface area contributed by atoms with Crippen LogP contribution in [0.3, 0.4) is 0 Å². The molecule has 1 aromatic heterocycles. The molecule has 1 aromatic carbocycles. The van der Waals surface area contributed by atoms with Gasteiger partial charge in [0.2, 0.25) is 0 Å². The second-order valence-corrected chi connectivity index (χ2v) is 5.21. The standard InChI is InChI=1S/C13H11Cl3FN3/c1-2-18-12-10(15)6-11(16)13(20-12)19-9-4-7(14)3-8(17)5-9/h3-6H,2H2,1H3,(H2,18,19,20). The Hall–Kier alpha value is -1.23. The highest BCUT2D eigenvalue weighted by molar-refractivity contribution is 6.37. The lowest BCUT2D eigenvalue weighted by atomic mass is 10.3. The topological polar surface area (TPSA) is 37.0 Å². The second-order valence-electron chi connectivity index (χ2n) is 3.96. The fourth-order valence-corrected chi connectivity index (χ4v) is 2.30. The minimum Gasteiger partial charge on any atom is -0.369 e. The molecule has 106 valence electrons. The highest BCUT2D eigenvalue weighted by Gasteiger charge is 2.10. The summed E-state index contributed by atoms with van der Waals surface area (Å²) in [4.78, 5) is 4.26. The molecule has 2 N–H and O–H groups in total. The average molecular weight is 335 g/mol. The molecule has 20 heavy (non-hydrogen) atoms. The predicted octanol–water partition coefficient (Wildman–Crippen LogP) is 5.36. The van der Waals surface area contributed by atoms with Gasteiger partial charge in [0.25, 0.3) is 0 Å². The quantitative estimate of drug-likeness (QED) is 0.790. The molecular weight excluding hydrogens is 324 g/mol. The van der Waals surface area contributed by atoms with Crippen LogP contribution in [0, 0.1) is 5.82 Å². The molecule has 0 saturated heterocycles. The van der Waals surface area contributed by atoms with Gasteiger partial charge in [0, 0.05) is 17.3 Å². The zero-order valence-corrected chi connectivity index (χ0v) is 12.7. The van der Waals surface area contributed by atoms with E-state index in [9.17, 15) is 4.39 Å². The van der Waals surface area contributed by atoms with Crippen molar-refractivity contribution in [2.75, 3.05) is 17.2 Å². The van der Waals surface area contributed by atoms with Crippen LogP contribution in [0.5, 0.6) is 0 Å². The Bertz CT molecular complexity index is 614. The van der Waals surface area contributed by atoms with E-state index in [2.05, 4.69) is 15.6 Å². The summed E-state index contributed by atoms with van der Waals surface area (Å²) in [6.45, 7) is 2.59. The van der Waals surface area contributed by atoms with Gasteiger partial charge in [-0.05, 0) is 31.2 Å². The lowest BCUT2D eigenvalue weighted by Gasteiger charge is -2.12. The Kier molecular flexibility index (Phi) is 4.91. The summed E-state index contributed by atoms with van der Waals surface area (Å²) in [6, 6.07) is 5.65. The number of hydrogen-bond acceptors (Lipinski definition) is 3. The Morgan fingerprint density at radius 2 is 1.75 bits per heavy atom. The SMILES string of the molecule is CCNc1nc(Nc2cc(F)cc(Cl)c2)c(Cl)cc1Cl. The van der Waals surface area contributed by atoms with Crippen LogP contribution < -0.4 is 10.6 Å². The summed E-state index contributed by atoms with van der Waals surface area (Å²) >= 11 is 17.9. The number of anilines is 3. The summed E-state index contributed by atoms with van der Waals surface area (Å²) in [6.07, 6.45) is 0. The molecule has 2 aromatic rings. The molecular formula is C13H11Cl3FN3. The third-order valence-corrected chi connectivity index (χ3v) is 3.19. The number of benzene rings is 1. The Balaban J connectivity index is 2.34. The van der Waals surface area contributed by atoms with Crippen LogP contribution in [0.25, 0.3) is 0 Å². The van der Waals surface area contributed by atoms with Gasteiger partial charge >= 0.3 is 0 Å². The zero-order chi connectivity index (χ0) is 14.7. The van der Waals surface area contributed by atoms with E-state index in [1.807, 2.05) is 6.92 Å². The van der Waals surface area contributed by atoms with E-state index in [0.29, 0.717) is 33.9 Å². The first kappa shape index (κ1) is 15.2. The monoisotopic (exact) mass is 333 g/mol. The zero-order valence-electron chi connectivity index (χ0n) is 10.5. The number of hydrogen-bond donors (Lipinski definition) is 2. The van der Waals surface area contributed by atoms with Crippen molar-refractivity contribution < 1.29 is 4.39 Å². The van der Waals surface area contributed by atoms with Gasteiger partial charge in [0.05, 0.1) is 10.0 Å². The number of aromatic nitrogens is 1. The van der Waals surface area contributed by atoms with Crippen LogP contribution in [0.2, 0.25) is 15.1 Å². The maximum absolute atomic E-state index is 13.3. The Morgan fingerprint density at radius 3 is 2.40 bits per heavy atom. The van der Waals surface area contributed by atoms with Gasteiger partial charge < -0.3 is 10.6 Å². The second kappa shape index (κ2) is 6.48. The van der Waals surface area contributed by atoms with Gasteiger partial charge in [0.1, 0.15) is 11.6 Å². The molecule has 2 rings (SSSR count). The van der Waals surface area contributed by atoms with Crippen LogP contribution >= 0.6 is 34.8 Å². The molecule has 3 nitrogen and oxygen atoms in total. The molecule has 0 bridgehead atoms. The minimum absolute atomic E-state index is 0.282. The number of pyridine rings is 1. The molecule has 0 atom stereocenters. The molecule has 0 saturated carbocycles. The summed E-state index contributed by atoms with van der Waals surface area (Å²) in [7, 11) is 0. The van der Waals surface area contributed by atoms with E-state index in [0.717, 1.165) is 0 Å². The van der Waals surface area contributed by atoms with E-state index in [-0.39, 0.29) is 5.02 Å². The molecule has 0 aliphatic heterocycles. The smallest absolute Gasteiger partial charge is 0.151 e. The number of nitrogens with one attached hydrogen (secondary N) is 2. The molecule has 0 radical (unpaired) electrons. The molecule has 0 fully saturated rings. The lowest BCUT2D eigenvalue weighted by molar-refractivity contribution is 0.628. The third-order valence-electron chi connectivity index (χ3n) is 2.40. The van der Waals surface area contributed by atoms with Crippen LogP contribution in [0.1, 0.15) is 6.92 Å². The van der Waals surface area contributed by atoms with E-state index in [1.165, 1.54) is 12.1 Å². The molecule has 0 spiro atoms. The van der Waals surface area contributed by atoms with Crippen molar-refractivity contribution >= 4 is 52.1 Å². The highest BCUT2D eigenvalue weighted by atomic mass is 35.5. The summed E-state index contributed by atoms with van der Waals surface area (Å²) in [5.74, 6) is 0.425.